The van der Waals surface area contributed by atoms with Crippen LogP contribution in [-0.2, 0) is 4.79 Å². The lowest BCUT2D eigenvalue weighted by Crippen LogP contribution is -2.48. The Morgan fingerprint density at radius 1 is 1.63 bits per heavy atom. The van der Waals surface area contributed by atoms with E-state index in [1.54, 1.807) is 11.9 Å². The lowest BCUT2D eigenvalue weighted by Gasteiger charge is -2.30. The molecule has 2 rings (SSSR count). The Morgan fingerprint density at radius 3 is 3.05 bits per heavy atom. The molecule has 19 heavy (non-hydrogen) atoms. The zero-order valence-corrected chi connectivity index (χ0v) is 11.1. The lowest BCUT2D eigenvalue weighted by molar-refractivity contribution is -0.132. The van der Waals surface area contributed by atoms with Crippen LogP contribution in [0, 0.1) is 5.82 Å². The molecule has 1 N–H and O–H groups in total. The van der Waals surface area contributed by atoms with Gasteiger partial charge in [-0.05, 0) is 12.5 Å². The van der Waals surface area contributed by atoms with Crippen LogP contribution in [0.2, 0.25) is 5.15 Å². The number of pyridine rings is 1. The van der Waals surface area contributed by atoms with E-state index in [2.05, 4.69) is 10.3 Å². The zero-order valence-electron chi connectivity index (χ0n) is 10.3. The maximum absolute atomic E-state index is 13.0. The van der Waals surface area contributed by atoms with Crippen molar-refractivity contribution in [3.63, 3.8) is 0 Å². The first-order chi connectivity index (χ1) is 8.97. The molecule has 7 heteroatoms. The third kappa shape index (κ3) is 3.20. The smallest absolute Gasteiger partial charge is 0.254 e. The van der Waals surface area contributed by atoms with Gasteiger partial charge in [0.15, 0.2) is 0 Å². The second-order valence-electron chi connectivity index (χ2n) is 4.48. The molecule has 0 aromatic carbocycles. The normalized spacial score (nSPS) is 19.4. The third-order valence-corrected chi connectivity index (χ3v) is 3.31. The van der Waals surface area contributed by atoms with Gasteiger partial charge >= 0.3 is 0 Å². The fourth-order valence-corrected chi connectivity index (χ4v) is 2.16. The largest absolute Gasteiger partial charge is 0.347 e. The molecule has 2 heterocycles. The molecule has 5 nitrogen and oxygen atoms in total. The number of carbonyl (C=O) groups excluding carboxylic acids is 2. The first kappa shape index (κ1) is 13.7. The molecule has 0 aliphatic carbocycles. The summed E-state index contributed by atoms with van der Waals surface area (Å²) in [5.74, 6) is -1.05. The van der Waals surface area contributed by atoms with Crippen LogP contribution in [0.1, 0.15) is 23.2 Å². The summed E-state index contributed by atoms with van der Waals surface area (Å²) < 4.78 is 13.0. The summed E-state index contributed by atoms with van der Waals surface area (Å²) in [6, 6.07) is 0.886. The van der Waals surface area contributed by atoms with E-state index in [-0.39, 0.29) is 22.7 Å². The van der Waals surface area contributed by atoms with Crippen molar-refractivity contribution in [3.8, 4) is 0 Å². The second kappa shape index (κ2) is 5.52. The standard InChI is InChI=1S/C12H13ClFN3O2/c1-17-6-8(2-3-10(17)18)16-12(19)9-4-7(14)5-15-11(9)13/h4-5,8H,2-3,6H2,1H3,(H,16,19). The first-order valence-electron chi connectivity index (χ1n) is 5.83. The molecule has 1 atom stereocenters. The number of hydrogen-bond donors (Lipinski definition) is 1. The number of halogens is 2. The Labute approximate surface area is 114 Å². The van der Waals surface area contributed by atoms with Gasteiger partial charge in [0.2, 0.25) is 5.91 Å². The van der Waals surface area contributed by atoms with Crippen molar-refractivity contribution in [1.82, 2.24) is 15.2 Å². The van der Waals surface area contributed by atoms with Crippen LogP contribution in [0.25, 0.3) is 0 Å². The molecule has 0 spiro atoms. The van der Waals surface area contributed by atoms with E-state index in [9.17, 15) is 14.0 Å². The summed E-state index contributed by atoms with van der Waals surface area (Å²) in [5, 5.41) is 2.69. The average Bonchev–Trinajstić information content (AvgIpc) is 2.36. The quantitative estimate of drug-likeness (QED) is 0.831. The Bertz CT molecular complexity index is 524. The molecule has 1 aromatic heterocycles. The van der Waals surface area contributed by atoms with Gasteiger partial charge in [-0.3, -0.25) is 9.59 Å². The zero-order chi connectivity index (χ0) is 14.0. The molecule has 0 bridgehead atoms. The number of amides is 2. The van der Waals surface area contributed by atoms with E-state index in [0.29, 0.717) is 19.4 Å². The minimum atomic E-state index is -0.620. The number of nitrogens with zero attached hydrogens (tertiary/aromatic N) is 2. The van der Waals surface area contributed by atoms with Gasteiger partial charge in [-0.15, -0.1) is 0 Å². The van der Waals surface area contributed by atoms with Crippen LogP contribution in [0.4, 0.5) is 4.39 Å². The molecule has 1 aliphatic rings. The van der Waals surface area contributed by atoms with E-state index < -0.39 is 11.7 Å². The summed E-state index contributed by atoms with van der Waals surface area (Å²) in [7, 11) is 1.68. The molecule has 1 saturated heterocycles. The van der Waals surface area contributed by atoms with E-state index >= 15 is 0 Å². The predicted molar refractivity (Wildman–Crippen MR) is 67.3 cm³/mol. The number of piperidine rings is 1. The molecule has 2 amide bonds. The fraction of sp³-hybridized carbons (Fsp3) is 0.417. The third-order valence-electron chi connectivity index (χ3n) is 3.01. The Balaban J connectivity index is 2.05. The summed E-state index contributed by atoms with van der Waals surface area (Å²) in [6.45, 7) is 0.435. The van der Waals surface area contributed by atoms with Crippen LogP contribution in [0.15, 0.2) is 12.3 Å². The summed E-state index contributed by atoms with van der Waals surface area (Å²) >= 11 is 5.76. The lowest BCUT2D eigenvalue weighted by atomic mass is 10.1. The summed E-state index contributed by atoms with van der Waals surface area (Å²) in [4.78, 5) is 28.4. The number of hydrogen-bond acceptors (Lipinski definition) is 3. The van der Waals surface area contributed by atoms with Crippen molar-refractivity contribution in [2.24, 2.45) is 0 Å². The number of likely N-dealkylation sites (N-methyl/N-ethyl adjacent to an activating group) is 1. The minimum Gasteiger partial charge on any atom is -0.347 e. The topological polar surface area (TPSA) is 62.3 Å². The molecule has 0 saturated carbocycles. The van der Waals surface area contributed by atoms with Crippen LogP contribution >= 0.6 is 11.6 Å². The van der Waals surface area contributed by atoms with E-state index in [1.807, 2.05) is 0 Å². The van der Waals surface area contributed by atoms with Gasteiger partial charge in [0, 0.05) is 26.1 Å². The molecular weight excluding hydrogens is 273 g/mol. The van der Waals surface area contributed by atoms with Crippen molar-refractivity contribution >= 4 is 23.4 Å². The van der Waals surface area contributed by atoms with Gasteiger partial charge in [0.05, 0.1) is 11.8 Å². The molecule has 1 fully saturated rings. The molecule has 0 radical (unpaired) electrons. The number of likely N-dealkylation sites (tertiary alicyclic amines) is 1. The van der Waals surface area contributed by atoms with Crippen molar-refractivity contribution in [3.05, 3.63) is 28.8 Å². The highest BCUT2D eigenvalue weighted by atomic mass is 35.5. The molecule has 1 aliphatic heterocycles. The first-order valence-corrected chi connectivity index (χ1v) is 6.21. The van der Waals surface area contributed by atoms with E-state index in [1.165, 1.54) is 0 Å². The predicted octanol–water partition coefficient (Wildman–Crippen LogP) is 1.22. The average molecular weight is 286 g/mol. The molecule has 1 unspecified atom stereocenters. The van der Waals surface area contributed by atoms with Gasteiger partial charge in [-0.1, -0.05) is 11.6 Å². The van der Waals surface area contributed by atoms with Crippen LogP contribution in [0.3, 0.4) is 0 Å². The minimum absolute atomic E-state index is 0.00113. The molecular formula is C12H13ClFN3O2. The van der Waals surface area contributed by atoms with Gasteiger partial charge < -0.3 is 10.2 Å². The SMILES string of the molecule is CN1CC(NC(=O)c2cc(F)cnc2Cl)CCC1=O. The number of aromatic nitrogens is 1. The summed E-state index contributed by atoms with van der Waals surface area (Å²) in [6.07, 6.45) is 1.90. The van der Waals surface area contributed by atoms with Crippen molar-refractivity contribution < 1.29 is 14.0 Å². The van der Waals surface area contributed by atoms with Gasteiger partial charge in [-0.2, -0.15) is 0 Å². The Hall–Kier alpha value is -1.69. The van der Waals surface area contributed by atoms with Crippen molar-refractivity contribution in [1.29, 1.82) is 0 Å². The monoisotopic (exact) mass is 285 g/mol. The Kier molecular flexibility index (Phi) is 3.99. The van der Waals surface area contributed by atoms with E-state index in [4.69, 9.17) is 11.6 Å². The fourth-order valence-electron chi connectivity index (χ4n) is 1.98. The summed E-state index contributed by atoms with van der Waals surface area (Å²) in [5.41, 5.74) is 0.00113. The van der Waals surface area contributed by atoms with Gasteiger partial charge in [0.1, 0.15) is 11.0 Å². The van der Waals surface area contributed by atoms with Crippen LogP contribution in [0.5, 0.6) is 0 Å². The highest BCUT2D eigenvalue weighted by molar-refractivity contribution is 6.32. The maximum Gasteiger partial charge on any atom is 0.254 e. The number of rotatable bonds is 2. The highest BCUT2D eigenvalue weighted by Crippen LogP contribution is 2.15. The van der Waals surface area contributed by atoms with Crippen molar-refractivity contribution in [2.75, 3.05) is 13.6 Å². The number of carbonyl (C=O) groups is 2. The van der Waals surface area contributed by atoms with E-state index in [0.717, 1.165) is 12.3 Å². The Morgan fingerprint density at radius 2 is 2.37 bits per heavy atom. The number of nitrogens with one attached hydrogen (secondary N) is 1. The second-order valence-corrected chi connectivity index (χ2v) is 4.83. The molecule has 1 aromatic rings. The highest BCUT2D eigenvalue weighted by Gasteiger charge is 2.25. The van der Waals surface area contributed by atoms with Crippen LogP contribution in [-0.4, -0.2) is 41.3 Å². The van der Waals surface area contributed by atoms with Crippen molar-refractivity contribution in [2.45, 2.75) is 18.9 Å². The van der Waals surface area contributed by atoms with Gasteiger partial charge in [0.25, 0.3) is 5.91 Å². The van der Waals surface area contributed by atoms with Gasteiger partial charge in [-0.25, -0.2) is 9.37 Å². The molecule has 102 valence electrons. The van der Waals surface area contributed by atoms with Crippen LogP contribution < -0.4 is 5.32 Å². The maximum atomic E-state index is 13.0.